The van der Waals surface area contributed by atoms with Gasteiger partial charge in [-0.2, -0.15) is 0 Å². The molecule has 5 heteroatoms. The molecule has 0 amide bonds. The average molecular weight is 269 g/mol. The standard InChI is InChI=1S/C13H19NO3S/c1-17-12-6-3-11(9-12)14-10-4-7-13(8-5-10)18(2,15)16/h4-5,7-8,11-12,14H,3,6,9H2,1-2H3. The number of ether oxygens (including phenoxy) is 1. The first-order valence-electron chi connectivity index (χ1n) is 6.08. The van der Waals surface area contributed by atoms with Crippen molar-refractivity contribution in [3.63, 3.8) is 0 Å². The van der Waals surface area contributed by atoms with Crippen LogP contribution in [0, 0.1) is 0 Å². The molecule has 0 heterocycles. The van der Waals surface area contributed by atoms with E-state index < -0.39 is 9.84 Å². The van der Waals surface area contributed by atoms with Gasteiger partial charge in [-0.15, -0.1) is 0 Å². The lowest BCUT2D eigenvalue weighted by atomic mass is 10.2. The molecule has 1 aliphatic carbocycles. The van der Waals surface area contributed by atoms with Gasteiger partial charge in [-0.25, -0.2) is 8.42 Å². The lowest BCUT2D eigenvalue weighted by molar-refractivity contribution is 0.108. The molecule has 0 radical (unpaired) electrons. The highest BCUT2D eigenvalue weighted by atomic mass is 32.2. The quantitative estimate of drug-likeness (QED) is 0.909. The largest absolute Gasteiger partial charge is 0.382 e. The second kappa shape index (κ2) is 5.28. The molecule has 2 rings (SSSR count). The van der Waals surface area contributed by atoms with Gasteiger partial charge >= 0.3 is 0 Å². The van der Waals surface area contributed by atoms with Gasteiger partial charge in [0, 0.05) is 25.1 Å². The summed E-state index contributed by atoms with van der Waals surface area (Å²) in [6, 6.07) is 7.33. The second-order valence-corrected chi connectivity index (χ2v) is 6.82. The normalized spacial score (nSPS) is 24.1. The molecule has 0 aromatic heterocycles. The Balaban J connectivity index is 1.99. The van der Waals surface area contributed by atoms with Crippen LogP contribution in [0.3, 0.4) is 0 Å². The van der Waals surface area contributed by atoms with Gasteiger partial charge in [-0.1, -0.05) is 0 Å². The van der Waals surface area contributed by atoms with Crippen molar-refractivity contribution in [3.05, 3.63) is 24.3 Å². The Labute approximate surface area is 108 Å². The van der Waals surface area contributed by atoms with E-state index in [-0.39, 0.29) is 0 Å². The Bertz CT molecular complexity index is 495. The number of benzene rings is 1. The van der Waals surface area contributed by atoms with E-state index in [9.17, 15) is 8.42 Å². The Morgan fingerprint density at radius 2 is 1.89 bits per heavy atom. The van der Waals surface area contributed by atoms with Crippen molar-refractivity contribution in [2.24, 2.45) is 0 Å². The van der Waals surface area contributed by atoms with E-state index in [2.05, 4.69) is 5.32 Å². The first-order valence-corrected chi connectivity index (χ1v) is 7.97. The van der Waals surface area contributed by atoms with Gasteiger partial charge in [-0.05, 0) is 43.5 Å². The fourth-order valence-electron chi connectivity index (χ4n) is 2.32. The maximum atomic E-state index is 11.3. The number of nitrogens with one attached hydrogen (secondary N) is 1. The van der Waals surface area contributed by atoms with E-state index in [1.807, 2.05) is 12.1 Å². The van der Waals surface area contributed by atoms with Gasteiger partial charge < -0.3 is 10.1 Å². The van der Waals surface area contributed by atoms with E-state index in [4.69, 9.17) is 4.74 Å². The highest BCUT2D eigenvalue weighted by Crippen LogP contribution is 2.25. The number of anilines is 1. The Hall–Kier alpha value is -1.07. The zero-order chi connectivity index (χ0) is 13.2. The van der Waals surface area contributed by atoms with E-state index in [1.54, 1.807) is 19.2 Å². The maximum absolute atomic E-state index is 11.3. The molecule has 2 atom stereocenters. The van der Waals surface area contributed by atoms with Gasteiger partial charge in [0.05, 0.1) is 11.0 Å². The molecule has 1 saturated carbocycles. The minimum Gasteiger partial charge on any atom is -0.382 e. The van der Waals surface area contributed by atoms with Crippen LogP contribution in [0.1, 0.15) is 19.3 Å². The van der Waals surface area contributed by atoms with Gasteiger partial charge in [-0.3, -0.25) is 0 Å². The van der Waals surface area contributed by atoms with Crippen molar-refractivity contribution in [1.82, 2.24) is 0 Å². The first kappa shape index (κ1) is 13.4. The molecule has 18 heavy (non-hydrogen) atoms. The summed E-state index contributed by atoms with van der Waals surface area (Å²) in [5, 5.41) is 3.41. The molecule has 1 aliphatic rings. The van der Waals surface area contributed by atoms with Crippen LogP contribution in [0.5, 0.6) is 0 Å². The van der Waals surface area contributed by atoms with Crippen molar-refractivity contribution >= 4 is 15.5 Å². The molecule has 2 unspecified atom stereocenters. The predicted octanol–water partition coefficient (Wildman–Crippen LogP) is 2.07. The summed E-state index contributed by atoms with van der Waals surface area (Å²) in [6.45, 7) is 0. The number of hydrogen-bond donors (Lipinski definition) is 1. The van der Waals surface area contributed by atoms with Crippen LogP contribution < -0.4 is 5.32 Å². The van der Waals surface area contributed by atoms with Gasteiger partial charge in [0.1, 0.15) is 0 Å². The average Bonchev–Trinajstić information content (AvgIpc) is 2.76. The SMILES string of the molecule is COC1CCC(Nc2ccc(S(C)(=O)=O)cc2)C1. The zero-order valence-electron chi connectivity index (χ0n) is 10.7. The van der Waals surface area contributed by atoms with Gasteiger partial charge in [0.2, 0.25) is 0 Å². The summed E-state index contributed by atoms with van der Waals surface area (Å²) < 4.78 is 28.0. The summed E-state index contributed by atoms with van der Waals surface area (Å²) in [5.74, 6) is 0. The highest BCUT2D eigenvalue weighted by molar-refractivity contribution is 7.90. The van der Waals surface area contributed by atoms with E-state index in [0.29, 0.717) is 17.0 Å². The Morgan fingerprint density at radius 1 is 1.22 bits per heavy atom. The highest BCUT2D eigenvalue weighted by Gasteiger charge is 2.24. The molecule has 4 nitrogen and oxygen atoms in total. The number of hydrogen-bond acceptors (Lipinski definition) is 4. The predicted molar refractivity (Wildman–Crippen MR) is 71.6 cm³/mol. The molecule has 0 aliphatic heterocycles. The number of sulfone groups is 1. The molecule has 1 N–H and O–H groups in total. The maximum Gasteiger partial charge on any atom is 0.175 e. The van der Waals surface area contributed by atoms with Crippen LogP contribution >= 0.6 is 0 Å². The topological polar surface area (TPSA) is 55.4 Å². The Kier molecular flexibility index (Phi) is 3.92. The molecule has 100 valence electrons. The number of rotatable bonds is 4. The van der Waals surface area contributed by atoms with Crippen molar-refractivity contribution in [2.75, 3.05) is 18.7 Å². The fraction of sp³-hybridized carbons (Fsp3) is 0.538. The van der Waals surface area contributed by atoms with Crippen molar-refractivity contribution in [3.8, 4) is 0 Å². The summed E-state index contributed by atoms with van der Waals surface area (Å²) in [6.07, 6.45) is 4.74. The molecular formula is C13H19NO3S. The van der Waals surface area contributed by atoms with Crippen molar-refractivity contribution in [2.45, 2.75) is 36.3 Å². The third-order valence-electron chi connectivity index (χ3n) is 3.37. The summed E-state index contributed by atoms with van der Waals surface area (Å²) >= 11 is 0. The van der Waals surface area contributed by atoms with Crippen molar-refractivity contribution < 1.29 is 13.2 Å². The molecule has 1 aromatic carbocycles. The minimum atomic E-state index is -3.11. The second-order valence-electron chi connectivity index (χ2n) is 4.81. The molecule has 0 saturated heterocycles. The van der Waals surface area contributed by atoms with Crippen LogP contribution in [-0.2, 0) is 14.6 Å². The third kappa shape index (κ3) is 3.23. The molecule has 0 bridgehead atoms. The smallest absolute Gasteiger partial charge is 0.175 e. The molecular weight excluding hydrogens is 250 g/mol. The van der Waals surface area contributed by atoms with Crippen LogP contribution in [0.2, 0.25) is 0 Å². The van der Waals surface area contributed by atoms with Crippen LogP contribution in [0.4, 0.5) is 5.69 Å². The van der Waals surface area contributed by atoms with E-state index in [1.165, 1.54) is 6.26 Å². The molecule has 1 aromatic rings. The van der Waals surface area contributed by atoms with Gasteiger partial charge in [0.25, 0.3) is 0 Å². The monoisotopic (exact) mass is 269 g/mol. The molecule has 1 fully saturated rings. The molecule has 0 spiro atoms. The van der Waals surface area contributed by atoms with Crippen LogP contribution in [-0.4, -0.2) is 33.9 Å². The van der Waals surface area contributed by atoms with Crippen molar-refractivity contribution in [1.29, 1.82) is 0 Å². The summed E-state index contributed by atoms with van der Waals surface area (Å²) in [5.41, 5.74) is 0.962. The fourth-order valence-corrected chi connectivity index (χ4v) is 2.95. The Morgan fingerprint density at radius 3 is 2.39 bits per heavy atom. The third-order valence-corrected chi connectivity index (χ3v) is 4.50. The lowest BCUT2D eigenvalue weighted by Gasteiger charge is -2.14. The summed E-state index contributed by atoms with van der Waals surface area (Å²) in [7, 11) is -1.36. The van der Waals surface area contributed by atoms with Gasteiger partial charge in [0.15, 0.2) is 9.84 Å². The minimum absolute atomic E-state index is 0.345. The van der Waals surface area contributed by atoms with Crippen LogP contribution in [0.25, 0.3) is 0 Å². The zero-order valence-corrected chi connectivity index (χ0v) is 11.5. The van der Waals surface area contributed by atoms with E-state index >= 15 is 0 Å². The summed E-state index contributed by atoms with van der Waals surface area (Å²) in [4.78, 5) is 0.356. The van der Waals surface area contributed by atoms with Crippen LogP contribution in [0.15, 0.2) is 29.2 Å². The van der Waals surface area contributed by atoms with E-state index in [0.717, 1.165) is 24.9 Å². The lowest BCUT2D eigenvalue weighted by Crippen LogP contribution is -2.17. The first-order chi connectivity index (χ1) is 8.49. The number of methoxy groups -OCH3 is 1.